The monoisotopic (exact) mass is 496 g/mol. The SMILES string of the molecule is C/C(Cl)=C\C(Cl)C/C=C/c1cn(C)c(/C=C/c2ccc(OCc3cccc(C(=O)O)c3)cc2)n1. The highest BCUT2D eigenvalue weighted by Crippen LogP contribution is 2.17. The summed E-state index contributed by atoms with van der Waals surface area (Å²) >= 11 is 12.0. The molecule has 7 heteroatoms. The summed E-state index contributed by atoms with van der Waals surface area (Å²) in [6.07, 6.45) is 12.3. The van der Waals surface area contributed by atoms with Crippen LogP contribution in [0.1, 0.15) is 46.3 Å². The number of nitrogens with zero attached hydrogens (tertiary/aromatic N) is 2. The number of aromatic nitrogens is 2. The number of aryl methyl sites for hydroxylation is 1. The fourth-order valence-electron chi connectivity index (χ4n) is 3.18. The maximum Gasteiger partial charge on any atom is 0.335 e. The van der Waals surface area contributed by atoms with Gasteiger partial charge in [0.15, 0.2) is 0 Å². The van der Waals surface area contributed by atoms with E-state index in [0.717, 1.165) is 22.6 Å². The number of halogens is 2. The number of ether oxygens (including phenoxy) is 1. The van der Waals surface area contributed by atoms with E-state index in [2.05, 4.69) is 4.98 Å². The van der Waals surface area contributed by atoms with Crippen molar-refractivity contribution < 1.29 is 14.6 Å². The number of hydrogen-bond acceptors (Lipinski definition) is 3. The number of rotatable bonds is 10. The Morgan fingerprint density at radius 3 is 2.65 bits per heavy atom. The lowest BCUT2D eigenvalue weighted by molar-refractivity contribution is 0.0696. The van der Waals surface area contributed by atoms with Gasteiger partial charge in [0, 0.05) is 18.3 Å². The molecule has 34 heavy (non-hydrogen) atoms. The number of imidazole rings is 1. The number of aromatic carboxylic acids is 1. The molecule has 3 rings (SSSR count). The molecule has 1 N–H and O–H groups in total. The van der Waals surface area contributed by atoms with Crippen LogP contribution in [0.2, 0.25) is 0 Å². The quantitative estimate of drug-likeness (QED) is 0.306. The Labute approximate surface area is 209 Å². The minimum Gasteiger partial charge on any atom is -0.489 e. The molecular weight excluding hydrogens is 471 g/mol. The first kappa shape index (κ1) is 25.3. The van der Waals surface area contributed by atoms with E-state index >= 15 is 0 Å². The van der Waals surface area contributed by atoms with Crippen LogP contribution in [0.15, 0.2) is 71.9 Å². The zero-order valence-electron chi connectivity index (χ0n) is 19.0. The van der Waals surface area contributed by atoms with E-state index in [-0.39, 0.29) is 10.9 Å². The highest BCUT2D eigenvalue weighted by molar-refractivity contribution is 6.30. The summed E-state index contributed by atoms with van der Waals surface area (Å²) < 4.78 is 7.74. The number of carboxylic acids is 1. The van der Waals surface area contributed by atoms with E-state index in [0.29, 0.717) is 23.8 Å². The predicted molar refractivity (Wildman–Crippen MR) is 139 cm³/mol. The van der Waals surface area contributed by atoms with Crippen LogP contribution in [0.5, 0.6) is 5.75 Å². The number of hydrogen-bond donors (Lipinski definition) is 1. The highest BCUT2D eigenvalue weighted by atomic mass is 35.5. The van der Waals surface area contributed by atoms with Gasteiger partial charge in [0.25, 0.3) is 0 Å². The average Bonchev–Trinajstić information content (AvgIpc) is 3.15. The molecular formula is C27H26Cl2N2O3. The molecule has 0 saturated heterocycles. The van der Waals surface area contributed by atoms with Crippen LogP contribution in [0, 0.1) is 0 Å². The normalized spacial score (nSPS) is 13.0. The van der Waals surface area contributed by atoms with Crippen LogP contribution in [-0.4, -0.2) is 26.0 Å². The maximum absolute atomic E-state index is 11.1. The predicted octanol–water partition coefficient (Wildman–Crippen LogP) is 7.02. The molecule has 0 aliphatic rings. The molecule has 0 spiro atoms. The smallest absolute Gasteiger partial charge is 0.335 e. The van der Waals surface area contributed by atoms with Gasteiger partial charge in [-0.05, 0) is 60.9 Å². The van der Waals surface area contributed by atoms with E-state index in [4.69, 9.17) is 33.0 Å². The van der Waals surface area contributed by atoms with Crippen molar-refractivity contribution in [2.45, 2.75) is 25.3 Å². The lowest BCUT2D eigenvalue weighted by atomic mass is 10.1. The molecule has 0 radical (unpaired) electrons. The Kier molecular flexibility index (Phi) is 9.14. The van der Waals surface area contributed by atoms with Gasteiger partial charge in [0.05, 0.1) is 16.6 Å². The molecule has 0 saturated carbocycles. The molecule has 176 valence electrons. The van der Waals surface area contributed by atoms with Gasteiger partial charge >= 0.3 is 5.97 Å². The van der Waals surface area contributed by atoms with Gasteiger partial charge in [-0.25, -0.2) is 9.78 Å². The second-order valence-corrected chi connectivity index (χ2v) is 8.90. The van der Waals surface area contributed by atoms with Crippen LogP contribution in [0.3, 0.4) is 0 Å². The summed E-state index contributed by atoms with van der Waals surface area (Å²) in [4.78, 5) is 15.7. The zero-order chi connectivity index (χ0) is 24.5. The Morgan fingerprint density at radius 1 is 1.18 bits per heavy atom. The van der Waals surface area contributed by atoms with Crippen molar-refractivity contribution in [1.82, 2.24) is 9.55 Å². The number of carboxylic acid groups (broad SMARTS) is 1. The Hall–Kier alpha value is -3.28. The standard InChI is InChI=1S/C27H26Cl2N2O3/c1-19(28)15-23(29)7-4-8-24-17-31(2)26(30-24)14-11-20-9-12-25(13-10-20)34-18-21-5-3-6-22(16-21)27(32)33/h3-6,8-17,23H,7,18H2,1-2H3,(H,32,33)/b8-4+,14-11+,19-15+. The second kappa shape index (κ2) is 12.3. The van der Waals surface area contributed by atoms with E-state index in [1.165, 1.54) is 0 Å². The first-order valence-electron chi connectivity index (χ1n) is 10.7. The minimum atomic E-state index is -0.951. The summed E-state index contributed by atoms with van der Waals surface area (Å²) in [7, 11) is 1.95. The summed E-state index contributed by atoms with van der Waals surface area (Å²) in [5.41, 5.74) is 2.91. The van der Waals surface area contributed by atoms with E-state index in [1.54, 1.807) is 18.2 Å². The Morgan fingerprint density at radius 2 is 1.94 bits per heavy atom. The molecule has 0 aliphatic carbocycles. The fourth-order valence-corrected chi connectivity index (χ4v) is 3.69. The van der Waals surface area contributed by atoms with Crippen molar-refractivity contribution in [3.8, 4) is 5.75 Å². The summed E-state index contributed by atoms with van der Waals surface area (Å²) in [6, 6.07) is 14.4. The number of benzene rings is 2. The molecule has 3 aromatic rings. The van der Waals surface area contributed by atoms with Crippen molar-refractivity contribution in [2.24, 2.45) is 7.05 Å². The number of allylic oxidation sites excluding steroid dienone is 3. The molecule has 5 nitrogen and oxygen atoms in total. The summed E-state index contributed by atoms with van der Waals surface area (Å²) in [5.74, 6) is 0.587. The second-order valence-electron chi connectivity index (χ2n) is 7.74. The zero-order valence-corrected chi connectivity index (χ0v) is 20.5. The third-order valence-corrected chi connectivity index (χ3v) is 5.31. The van der Waals surface area contributed by atoms with Gasteiger partial charge < -0.3 is 14.4 Å². The molecule has 0 amide bonds. The first-order valence-corrected chi connectivity index (χ1v) is 11.5. The molecule has 1 aromatic heterocycles. The van der Waals surface area contributed by atoms with Crippen LogP contribution in [0.25, 0.3) is 18.2 Å². The molecule has 1 unspecified atom stereocenters. The largest absolute Gasteiger partial charge is 0.489 e. The van der Waals surface area contributed by atoms with Crippen molar-refractivity contribution in [3.63, 3.8) is 0 Å². The Bertz CT molecular complexity index is 1210. The fraction of sp³-hybridized carbons (Fsp3) is 0.185. The van der Waals surface area contributed by atoms with Crippen LogP contribution in [-0.2, 0) is 13.7 Å². The number of alkyl halides is 1. The molecule has 2 aromatic carbocycles. The lowest BCUT2D eigenvalue weighted by Crippen LogP contribution is -2.00. The third kappa shape index (κ3) is 7.94. The molecule has 0 aliphatic heterocycles. The van der Waals surface area contributed by atoms with Crippen molar-refractivity contribution in [3.05, 3.63) is 100 Å². The first-order chi connectivity index (χ1) is 16.3. The van der Waals surface area contributed by atoms with Gasteiger partial charge in [-0.3, -0.25) is 0 Å². The molecule has 1 heterocycles. The Balaban J connectivity index is 1.56. The summed E-state index contributed by atoms with van der Waals surface area (Å²) in [6.45, 7) is 2.10. The summed E-state index contributed by atoms with van der Waals surface area (Å²) in [5, 5.41) is 9.64. The third-order valence-electron chi connectivity index (χ3n) is 4.88. The topological polar surface area (TPSA) is 64.3 Å². The van der Waals surface area contributed by atoms with Gasteiger partial charge in [-0.15, -0.1) is 11.6 Å². The number of carbonyl (C=O) groups is 1. The van der Waals surface area contributed by atoms with E-state index in [1.807, 2.05) is 85.4 Å². The molecule has 0 bridgehead atoms. The highest BCUT2D eigenvalue weighted by Gasteiger charge is 2.04. The van der Waals surface area contributed by atoms with Crippen LogP contribution in [0.4, 0.5) is 0 Å². The van der Waals surface area contributed by atoms with E-state index in [9.17, 15) is 4.79 Å². The van der Waals surface area contributed by atoms with E-state index < -0.39 is 5.97 Å². The van der Waals surface area contributed by atoms with Gasteiger partial charge in [-0.2, -0.15) is 0 Å². The molecule has 1 atom stereocenters. The van der Waals surface area contributed by atoms with Gasteiger partial charge in [-0.1, -0.05) is 54.1 Å². The minimum absolute atomic E-state index is 0.140. The van der Waals surface area contributed by atoms with Gasteiger partial charge in [0.1, 0.15) is 18.2 Å². The van der Waals surface area contributed by atoms with Crippen molar-refractivity contribution in [1.29, 1.82) is 0 Å². The van der Waals surface area contributed by atoms with Crippen molar-refractivity contribution in [2.75, 3.05) is 0 Å². The maximum atomic E-state index is 11.1. The van der Waals surface area contributed by atoms with Crippen LogP contribution < -0.4 is 4.74 Å². The average molecular weight is 497 g/mol. The lowest BCUT2D eigenvalue weighted by Gasteiger charge is -2.07. The van der Waals surface area contributed by atoms with Crippen molar-refractivity contribution >= 4 is 47.4 Å². The van der Waals surface area contributed by atoms with Gasteiger partial charge in [0.2, 0.25) is 0 Å². The van der Waals surface area contributed by atoms with Crippen LogP contribution >= 0.6 is 23.2 Å². The molecule has 0 fully saturated rings.